The van der Waals surface area contributed by atoms with E-state index in [4.69, 9.17) is 15.4 Å². The van der Waals surface area contributed by atoms with Gasteiger partial charge in [-0.3, -0.25) is 0 Å². The van der Waals surface area contributed by atoms with Crippen LogP contribution in [-0.4, -0.2) is 0 Å². The lowest BCUT2D eigenvalue weighted by Crippen LogP contribution is -2.26. The second-order valence-electron chi connectivity index (χ2n) is 23.6. The van der Waals surface area contributed by atoms with Gasteiger partial charge in [0.2, 0.25) is 0 Å². The van der Waals surface area contributed by atoms with Crippen LogP contribution >= 0.6 is 0 Å². The molecule has 0 aliphatic heterocycles. The predicted molar refractivity (Wildman–Crippen MR) is 334 cm³/mol. The van der Waals surface area contributed by atoms with E-state index < -0.39 is 10.8 Å². The normalized spacial score (nSPS) is 16.9. The van der Waals surface area contributed by atoms with Gasteiger partial charge in [0.05, 0.1) is 22.8 Å². The molecule has 2 aromatic heterocycles. The number of para-hydroxylation sites is 4. The Morgan fingerprint density at radius 1 is 0.481 bits per heavy atom. The van der Waals surface area contributed by atoms with Crippen molar-refractivity contribution in [1.29, 1.82) is 0 Å². The molecule has 386 valence electrons. The molecule has 0 unspecified atom stereocenters. The lowest BCUT2D eigenvalue weighted by atomic mass is 9.71. The first kappa shape index (κ1) is 48.5. The topological polar surface area (TPSA) is 32.8 Å². The Bertz CT molecular complexity index is 4470. The van der Waals surface area contributed by atoms with E-state index in [-0.39, 0.29) is 0 Å². The van der Waals surface area contributed by atoms with Crippen molar-refractivity contribution in [3.8, 4) is 11.1 Å². The summed E-state index contributed by atoms with van der Waals surface area (Å²) in [7, 11) is 0. The number of benzene rings is 9. The van der Waals surface area contributed by atoms with E-state index in [2.05, 4.69) is 265 Å². The molecule has 4 nitrogen and oxygen atoms in total. The SMILES string of the molecule is C=C1/C=C\C=C/CC2=C(/C=C\1N(c1ccc(C(C)C)cc1)c1cccc3c1oc1ccccc13)C(C)(C)c1c2ccc2c1C(C)(C)c1cc(N(c3ccc(C(C)C)cc3)c3cccc4c3oc3ccccc34)c3ccccc3c1-2. The fourth-order valence-electron chi connectivity index (χ4n) is 13.6. The van der Waals surface area contributed by atoms with Gasteiger partial charge in [-0.25, -0.2) is 0 Å². The molecule has 3 aliphatic carbocycles. The van der Waals surface area contributed by atoms with Crippen LogP contribution in [0.25, 0.3) is 71.3 Å². The van der Waals surface area contributed by atoms with Crippen LogP contribution in [0, 0.1) is 0 Å². The van der Waals surface area contributed by atoms with Gasteiger partial charge in [0.25, 0.3) is 0 Å². The third-order valence-corrected chi connectivity index (χ3v) is 17.6. The summed E-state index contributed by atoms with van der Waals surface area (Å²) >= 11 is 0. The summed E-state index contributed by atoms with van der Waals surface area (Å²) in [6.45, 7) is 23.7. The van der Waals surface area contributed by atoms with Crippen LogP contribution in [0.1, 0.15) is 107 Å². The Labute approximate surface area is 463 Å². The molecule has 0 amide bonds. The highest BCUT2D eigenvalue weighted by atomic mass is 16.3. The quantitative estimate of drug-likeness (QED) is 0.152. The molecule has 0 bridgehead atoms. The molecule has 0 N–H and O–H groups in total. The van der Waals surface area contributed by atoms with E-state index in [9.17, 15) is 0 Å². The van der Waals surface area contributed by atoms with Crippen LogP contribution in [0.3, 0.4) is 0 Å². The standard InChI is InChI=1S/C75H64N2O2/c1-45(2)48-33-37-50(38-34-48)76(63-29-19-27-58-54-24-15-17-31-67(54)78-72(58)63)65-43-61-52(22-12-10-11-21-47(65)5)57-41-42-60-69-56-26-14-13-23-53(56)66(44-62(69)75(8,9)71(60)70(57)74(61,6)7)77(51-39-35-49(36-40-51)46(3)4)64-30-20-28-59-55-25-16-18-32-68(55)79-73(59)64/h10-21,23-46H,5,22H2,1-4,6-9H3/b12-10-,21-11-,65-43+. The van der Waals surface area contributed by atoms with Gasteiger partial charge in [-0.2, -0.15) is 0 Å². The van der Waals surface area contributed by atoms with Crippen LogP contribution in [0.4, 0.5) is 28.4 Å². The minimum atomic E-state index is -0.421. The summed E-state index contributed by atoms with van der Waals surface area (Å²) in [5.41, 5.74) is 23.1. The molecule has 0 radical (unpaired) electrons. The Balaban J connectivity index is 0.972. The van der Waals surface area contributed by atoms with Crippen LogP contribution in [0.15, 0.2) is 239 Å². The number of furan rings is 2. The highest BCUT2D eigenvalue weighted by Gasteiger charge is 2.47. The fourth-order valence-corrected chi connectivity index (χ4v) is 13.6. The predicted octanol–water partition coefficient (Wildman–Crippen LogP) is 21.5. The molecule has 0 saturated carbocycles. The summed E-state index contributed by atoms with van der Waals surface area (Å²) in [5.74, 6) is 0.798. The molecule has 14 rings (SSSR count). The lowest BCUT2D eigenvalue weighted by molar-refractivity contribution is 0.596. The molecular weight excluding hydrogens is 961 g/mol. The first-order chi connectivity index (χ1) is 38.3. The zero-order valence-corrected chi connectivity index (χ0v) is 46.4. The molecule has 4 heteroatoms. The van der Waals surface area contributed by atoms with Crippen molar-refractivity contribution in [2.45, 2.75) is 84.5 Å². The lowest BCUT2D eigenvalue weighted by Gasteiger charge is -2.33. The molecule has 0 fully saturated rings. The van der Waals surface area contributed by atoms with Gasteiger partial charge in [-0.1, -0.05) is 208 Å². The number of anilines is 5. The van der Waals surface area contributed by atoms with Crippen molar-refractivity contribution in [3.63, 3.8) is 0 Å². The molecule has 2 heterocycles. The first-order valence-electron chi connectivity index (χ1n) is 28.1. The minimum absolute atomic E-state index is 0.393. The Morgan fingerprint density at radius 3 is 1.58 bits per heavy atom. The van der Waals surface area contributed by atoms with Crippen molar-refractivity contribution >= 4 is 88.7 Å². The largest absolute Gasteiger partial charge is 0.454 e. The second kappa shape index (κ2) is 18.1. The summed E-state index contributed by atoms with van der Waals surface area (Å²) in [4.78, 5) is 4.85. The molecule has 79 heavy (non-hydrogen) atoms. The Hall–Kier alpha value is -8.86. The van der Waals surface area contributed by atoms with Crippen molar-refractivity contribution in [2.24, 2.45) is 0 Å². The van der Waals surface area contributed by atoms with Crippen molar-refractivity contribution < 1.29 is 8.83 Å². The average Bonchev–Trinajstić information content (AvgIpc) is 3.41. The Kier molecular flexibility index (Phi) is 11.1. The van der Waals surface area contributed by atoms with Crippen LogP contribution in [0.5, 0.6) is 0 Å². The summed E-state index contributed by atoms with van der Waals surface area (Å²) in [6.07, 6.45) is 12.1. The van der Waals surface area contributed by atoms with Gasteiger partial charge in [-0.05, 0) is 146 Å². The number of hydrogen-bond donors (Lipinski definition) is 0. The van der Waals surface area contributed by atoms with Gasteiger partial charge in [0, 0.05) is 49.1 Å². The summed E-state index contributed by atoms with van der Waals surface area (Å²) in [6, 6.07) is 64.6. The highest BCUT2D eigenvalue weighted by molar-refractivity contribution is 6.15. The van der Waals surface area contributed by atoms with Gasteiger partial charge in [-0.15, -0.1) is 0 Å². The molecule has 0 spiro atoms. The number of fused-ring (bicyclic) bond motifs is 14. The van der Waals surface area contributed by atoms with E-state index in [0.29, 0.717) is 11.8 Å². The van der Waals surface area contributed by atoms with Gasteiger partial charge in [0.15, 0.2) is 11.2 Å². The zero-order valence-electron chi connectivity index (χ0n) is 46.4. The van der Waals surface area contributed by atoms with Gasteiger partial charge >= 0.3 is 0 Å². The number of nitrogens with zero attached hydrogens (tertiary/aromatic N) is 2. The van der Waals surface area contributed by atoms with E-state index in [1.54, 1.807) is 0 Å². The summed E-state index contributed by atoms with van der Waals surface area (Å²) < 4.78 is 13.7. The maximum atomic E-state index is 6.87. The van der Waals surface area contributed by atoms with Crippen molar-refractivity contribution in [3.05, 3.63) is 263 Å². The Morgan fingerprint density at radius 2 is 0.987 bits per heavy atom. The molecule has 11 aromatic rings. The minimum Gasteiger partial charge on any atom is -0.454 e. The van der Waals surface area contributed by atoms with Crippen LogP contribution in [0.2, 0.25) is 0 Å². The van der Waals surface area contributed by atoms with Gasteiger partial charge in [0.1, 0.15) is 11.2 Å². The number of hydrogen-bond acceptors (Lipinski definition) is 4. The van der Waals surface area contributed by atoms with E-state index in [1.807, 2.05) is 6.07 Å². The molecule has 3 aliphatic rings. The third-order valence-electron chi connectivity index (χ3n) is 17.6. The van der Waals surface area contributed by atoms with Gasteiger partial charge < -0.3 is 18.6 Å². The van der Waals surface area contributed by atoms with E-state index in [1.165, 1.54) is 66.4 Å². The van der Waals surface area contributed by atoms with E-state index >= 15 is 0 Å². The maximum Gasteiger partial charge on any atom is 0.159 e. The molecule has 0 atom stereocenters. The second-order valence-corrected chi connectivity index (χ2v) is 23.6. The fraction of sp³-hybridized carbons (Fsp3) is 0.173. The average molecular weight is 1030 g/mol. The zero-order chi connectivity index (χ0) is 54.1. The van der Waals surface area contributed by atoms with Crippen molar-refractivity contribution in [1.82, 2.24) is 0 Å². The number of rotatable bonds is 8. The smallest absolute Gasteiger partial charge is 0.159 e. The van der Waals surface area contributed by atoms with Crippen LogP contribution < -0.4 is 9.80 Å². The third kappa shape index (κ3) is 7.41. The summed E-state index contributed by atoms with van der Waals surface area (Å²) in [5, 5.41) is 6.83. The van der Waals surface area contributed by atoms with E-state index in [0.717, 1.165) is 90.0 Å². The molecule has 9 aromatic carbocycles. The maximum absolute atomic E-state index is 6.87. The number of allylic oxidation sites excluding steroid dienone is 7. The molecular formula is C75H64N2O2. The first-order valence-corrected chi connectivity index (χ1v) is 28.1. The van der Waals surface area contributed by atoms with Crippen molar-refractivity contribution in [2.75, 3.05) is 9.80 Å². The highest BCUT2D eigenvalue weighted by Crippen LogP contribution is 2.62. The molecule has 0 saturated heterocycles. The van der Waals surface area contributed by atoms with Crippen LogP contribution in [-0.2, 0) is 10.8 Å². The monoisotopic (exact) mass is 1020 g/mol.